The number of benzene rings is 2. The summed E-state index contributed by atoms with van der Waals surface area (Å²) < 4.78 is 5.92. The van der Waals surface area contributed by atoms with E-state index in [2.05, 4.69) is 4.98 Å². The summed E-state index contributed by atoms with van der Waals surface area (Å²) in [5, 5.41) is 1.36. The summed E-state index contributed by atoms with van der Waals surface area (Å²) in [6.45, 7) is 0. The van der Waals surface area contributed by atoms with E-state index in [1.54, 1.807) is 30.5 Å². The predicted molar refractivity (Wildman–Crippen MR) is 98.0 cm³/mol. The van der Waals surface area contributed by atoms with Crippen LogP contribution in [0.25, 0.3) is 22.0 Å². The Morgan fingerprint density at radius 1 is 1.00 bits per heavy atom. The van der Waals surface area contributed by atoms with Crippen LogP contribution in [0.5, 0.6) is 11.5 Å². The van der Waals surface area contributed by atoms with Gasteiger partial charge in [0.1, 0.15) is 11.5 Å². The highest BCUT2D eigenvalue weighted by Gasteiger charge is 2.23. The van der Waals surface area contributed by atoms with Crippen LogP contribution in [0.3, 0.4) is 0 Å². The molecule has 0 atom stereocenters. The molecule has 3 aromatic carbocycles. The van der Waals surface area contributed by atoms with E-state index in [0.29, 0.717) is 22.1 Å². The first-order valence-corrected chi connectivity index (χ1v) is 7.84. The third-order valence-corrected chi connectivity index (χ3v) is 4.20. The van der Waals surface area contributed by atoms with Gasteiger partial charge in [0.25, 0.3) is 0 Å². The van der Waals surface area contributed by atoms with Crippen molar-refractivity contribution in [2.45, 2.75) is 0 Å². The summed E-state index contributed by atoms with van der Waals surface area (Å²) in [5.41, 5.74) is 5.78. The molecule has 0 saturated carbocycles. The molecule has 0 amide bonds. The van der Waals surface area contributed by atoms with Crippen LogP contribution in [0.15, 0.2) is 64.3 Å². The molecule has 4 aromatic rings. The second kappa shape index (κ2) is 5.72. The summed E-state index contributed by atoms with van der Waals surface area (Å²) in [6, 6.07) is 14.0. The maximum absolute atomic E-state index is 11.9. The number of rotatable bonds is 3. The highest BCUT2D eigenvalue weighted by atomic mass is 35.5. The maximum atomic E-state index is 11.9. The first-order chi connectivity index (χ1) is 12.0. The van der Waals surface area contributed by atoms with Crippen LogP contribution in [0.2, 0.25) is 5.02 Å². The van der Waals surface area contributed by atoms with Crippen LogP contribution in [0.1, 0.15) is 0 Å². The minimum Gasteiger partial charge on any atom is -0.457 e. The lowest BCUT2D eigenvalue weighted by molar-refractivity contribution is 0.485. The molecule has 0 aliphatic heterocycles. The van der Waals surface area contributed by atoms with Crippen LogP contribution in [-0.4, -0.2) is 4.98 Å². The lowest BCUT2D eigenvalue weighted by atomic mass is 9.98. The number of fused-ring (bicyclic) bond motifs is 1. The molecule has 0 aliphatic rings. The van der Waals surface area contributed by atoms with Gasteiger partial charge < -0.3 is 10.5 Å². The Balaban J connectivity index is 1.81. The smallest absolute Gasteiger partial charge is 0.249 e. The fourth-order valence-electron chi connectivity index (χ4n) is 2.71. The third-order valence-electron chi connectivity index (χ3n) is 3.96. The van der Waals surface area contributed by atoms with E-state index in [-0.39, 0.29) is 11.3 Å². The number of pyridine rings is 1. The van der Waals surface area contributed by atoms with Crippen molar-refractivity contribution in [3.8, 4) is 22.6 Å². The van der Waals surface area contributed by atoms with Crippen LogP contribution < -0.4 is 21.3 Å². The Morgan fingerprint density at radius 2 is 1.84 bits per heavy atom. The molecule has 0 spiro atoms. The van der Waals surface area contributed by atoms with Crippen LogP contribution in [-0.2, 0) is 0 Å². The number of hydrogen-bond donors (Lipinski definition) is 1. The van der Waals surface area contributed by atoms with Crippen molar-refractivity contribution in [3.63, 3.8) is 0 Å². The highest BCUT2D eigenvalue weighted by molar-refractivity contribution is 6.30. The number of halogens is 1. The van der Waals surface area contributed by atoms with Crippen molar-refractivity contribution in [1.29, 1.82) is 0 Å². The summed E-state index contributed by atoms with van der Waals surface area (Å²) in [4.78, 5) is 27.5. The molecule has 25 heavy (non-hydrogen) atoms. The van der Waals surface area contributed by atoms with Gasteiger partial charge in [-0.2, -0.15) is 0 Å². The average molecular weight is 351 g/mol. The molecule has 6 heteroatoms. The van der Waals surface area contributed by atoms with Gasteiger partial charge in [-0.25, -0.2) is 0 Å². The van der Waals surface area contributed by atoms with E-state index >= 15 is 0 Å². The van der Waals surface area contributed by atoms with Gasteiger partial charge in [0.05, 0.1) is 16.8 Å². The van der Waals surface area contributed by atoms with E-state index in [1.807, 2.05) is 24.3 Å². The second-order valence-electron chi connectivity index (χ2n) is 5.55. The molecular weight excluding hydrogens is 340 g/mol. The van der Waals surface area contributed by atoms with Crippen molar-refractivity contribution < 1.29 is 4.74 Å². The summed E-state index contributed by atoms with van der Waals surface area (Å²) in [6.07, 6.45) is 1.71. The average Bonchev–Trinajstić information content (AvgIpc) is 2.63. The summed E-state index contributed by atoms with van der Waals surface area (Å²) in [7, 11) is 0. The number of aromatic nitrogens is 1. The van der Waals surface area contributed by atoms with Crippen molar-refractivity contribution in [2.24, 2.45) is 0 Å². The lowest BCUT2D eigenvalue weighted by Crippen LogP contribution is -2.35. The maximum Gasteiger partial charge on any atom is 0.249 e. The normalized spacial score (nSPS) is 11.1. The number of ether oxygens (including phenoxy) is 1. The number of nitrogen functional groups attached to an aromatic ring is 1. The molecule has 122 valence electrons. The summed E-state index contributed by atoms with van der Waals surface area (Å²) in [5.74, 6) is 0.913. The molecule has 0 unspecified atom stereocenters. The quantitative estimate of drug-likeness (QED) is 0.571. The second-order valence-corrected chi connectivity index (χ2v) is 5.98. The van der Waals surface area contributed by atoms with Crippen LogP contribution in [0, 0.1) is 0 Å². The molecule has 4 rings (SSSR count). The predicted octanol–water partition coefficient (Wildman–Crippen LogP) is 3.53. The zero-order valence-electron chi connectivity index (χ0n) is 12.8. The molecule has 0 aliphatic carbocycles. The van der Waals surface area contributed by atoms with Crippen molar-refractivity contribution >= 4 is 28.2 Å². The molecule has 1 heterocycles. The highest BCUT2D eigenvalue weighted by Crippen LogP contribution is 2.36. The van der Waals surface area contributed by atoms with E-state index in [1.165, 1.54) is 0 Å². The Morgan fingerprint density at radius 3 is 2.64 bits per heavy atom. The SMILES string of the molecule is Nc1c(-c2ccc(Cl)cc2Oc2ccc3ncccc3c2)c(=O)c1=O. The van der Waals surface area contributed by atoms with Gasteiger partial charge in [0.2, 0.25) is 10.9 Å². The minimum absolute atomic E-state index is 0.0557. The fraction of sp³-hybridized carbons (Fsp3) is 0. The van der Waals surface area contributed by atoms with Gasteiger partial charge in [-0.3, -0.25) is 14.6 Å². The minimum atomic E-state index is -0.673. The summed E-state index contributed by atoms with van der Waals surface area (Å²) >= 11 is 6.06. The molecule has 0 bridgehead atoms. The Kier molecular flexibility index (Phi) is 3.51. The van der Waals surface area contributed by atoms with Crippen molar-refractivity contribution in [1.82, 2.24) is 4.98 Å². The number of nitrogens with zero attached hydrogens (tertiary/aromatic N) is 1. The van der Waals surface area contributed by atoms with Crippen molar-refractivity contribution in [3.05, 3.63) is 80.2 Å². The van der Waals surface area contributed by atoms with Gasteiger partial charge in [0.15, 0.2) is 0 Å². The topological polar surface area (TPSA) is 82.3 Å². The van der Waals surface area contributed by atoms with E-state index in [4.69, 9.17) is 22.1 Å². The molecule has 2 N–H and O–H groups in total. The molecule has 0 radical (unpaired) electrons. The first-order valence-electron chi connectivity index (χ1n) is 7.46. The largest absolute Gasteiger partial charge is 0.457 e. The van der Waals surface area contributed by atoms with Gasteiger partial charge in [0, 0.05) is 28.2 Å². The zero-order chi connectivity index (χ0) is 17.6. The molecule has 0 saturated heterocycles. The van der Waals surface area contributed by atoms with Gasteiger partial charge in [-0.05, 0) is 36.4 Å². The first kappa shape index (κ1) is 15.4. The van der Waals surface area contributed by atoms with Crippen LogP contribution >= 0.6 is 11.6 Å². The molecule has 0 fully saturated rings. The Bertz CT molecular complexity index is 1190. The molecule has 1 aromatic heterocycles. The van der Waals surface area contributed by atoms with Crippen LogP contribution in [0.4, 0.5) is 5.69 Å². The number of hydrogen-bond acceptors (Lipinski definition) is 5. The monoisotopic (exact) mass is 350 g/mol. The lowest BCUT2D eigenvalue weighted by Gasteiger charge is -2.14. The zero-order valence-corrected chi connectivity index (χ0v) is 13.6. The molecular formula is C19H11ClN2O3. The van der Waals surface area contributed by atoms with Gasteiger partial charge >= 0.3 is 0 Å². The van der Waals surface area contributed by atoms with Crippen molar-refractivity contribution in [2.75, 3.05) is 5.73 Å². The van der Waals surface area contributed by atoms with Gasteiger partial charge in [-0.1, -0.05) is 17.7 Å². The Labute approximate surface area is 147 Å². The third kappa shape index (κ3) is 2.55. The number of anilines is 1. The van der Waals surface area contributed by atoms with E-state index in [0.717, 1.165) is 10.9 Å². The van der Waals surface area contributed by atoms with E-state index < -0.39 is 10.9 Å². The Hall–Kier alpha value is -3.18. The standard InChI is InChI=1S/C19H11ClN2O3/c20-11-3-5-13(16-17(21)19(24)18(16)23)15(9-11)25-12-4-6-14-10(8-12)2-1-7-22-14/h1-9H,21H2. The van der Waals surface area contributed by atoms with E-state index in [9.17, 15) is 9.59 Å². The number of nitrogens with two attached hydrogens (primary N) is 1. The molecule has 5 nitrogen and oxygen atoms in total. The fourth-order valence-corrected chi connectivity index (χ4v) is 2.87. The van der Waals surface area contributed by atoms with Gasteiger partial charge in [-0.15, -0.1) is 0 Å².